The predicted molar refractivity (Wildman–Crippen MR) is 112 cm³/mol. The van der Waals surface area contributed by atoms with Gasteiger partial charge >= 0.3 is 6.18 Å². The van der Waals surface area contributed by atoms with Crippen molar-refractivity contribution < 1.29 is 22.4 Å². The number of nitrogens with zero attached hydrogens (tertiary/aromatic N) is 2. The largest absolute Gasteiger partial charge is 0.440 e. The van der Waals surface area contributed by atoms with E-state index in [1.54, 1.807) is 6.92 Å². The minimum atomic E-state index is -4.63. The Labute approximate surface area is 182 Å². The van der Waals surface area contributed by atoms with Crippen LogP contribution in [0, 0.1) is 0 Å². The van der Waals surface area contributed by atoms with E-state index in [0.29, 0.717) is 24.6 Å². The third kappa shape index (κ3) is 4.70. The van der Waals surface area contributed by atoms with Crippen molar-refractivity contribution >= 4 is 34.3 Å². The summed E-state index contributed by atoms with van der Waals surface area (Å²) in [6.45, 7) is 2.89. The van der Waals surface area contributed by atoms with Gasteiger partial charge in [0.1, 0.15) is 5.52 Å². The molecule has 0 aliphatic carbocycles. The van der Waals surface area contributed by atoms with Crippen molar-refractivity contribution in [3.63, 3.8) is 0 Å². The van der Waals surface area contributed by atoms with E-state index in [0.717, 1.165) is 24.4 Å². The highest BCUT2D eigenvalue weighted by atomic mass is 35.5. The Morgan fingerprint density at radius 2 is 2.06 bits per heavy atom. The Balaban J connectivity index is 1.48. The zero-order valence-corrected chi connectivity index (χ0v) is 17.5. The number of rotatable bonds is 4. The number of carbonyl (C=O) groups is 1. The van der Waals surface area contributed by atoms with Gasteiger partial charge in [-0.25, -0.2) is 4.98 Å². The fraction of sp³-hybridized carbons (Fsp3) is 0.364. The molecular formula is C22H21ClF3N3O2. The minimum Gasteiger partial charge on any atom is -0.440 e. The number of oxazole rings is 1. The SMILES string of the molecule is CC(C(=O)Nc1ccc(Cl)cc1C(F)(F)F)N1CCCC(c2nc3ccccc3o2)C1. The first kappa shape index (κ1) is 21.6. The smallest absolute Gasteiger partial charge is 0.418 e. The van der Waals surface area contributed by atoms with Gasteiger partial charge in [0.2, 0.25) is 5.91 Å². The summed E-state index contributed by atoms with van der Waals surface area (Å²) in [5.74, 6) is 0.124. The predicted octanol–water partition coefficient (Wildman–Crippen LogP) is 5.71. The molecular weight excluding hydrogens is 431 g/mol. The molecule has 9 heteroatoms. The number of halogens is 4. The number of hydrogen-bond donors (Lipinski definition) is 1. The number of anilines is 1. The summed E-state index contributed by atoms with van der Waals surface area (Å²) >= 11 is 5.71. The average Bonchev–Trinajstić information content (AvgIpc) is 3.18. The number of alkyl halides is 3. The van der Waals surface area contributed by atoms with Crippen molar-refractivity contribution in [2.24, 2.45) is 0 Å². The number of piperidine rings is 1. The quantitative estimate of drug-likeness (QED) is 0.552. The lowest BCUT2D eigenvalue weighted by atomic mass is 9.96. The van der Waals surface area contributed by atoms with E-state index >= 15 is 0 Å². The molecule has 1 aliphatic rings. The highest BCUT2D eigenvalue weighted by Gasteiger charge is 2.35. The van der Waals surface area contributed by atoms with Crippen LogP contribution in [0.3, 0.4) is 0 Å². The Hall–Kier alpha value is -2.58. The molecule has 4 rings (SSSR count). The van der Waals surface area contributed by atoms with Crippen LogP contribution in [0.2, 0.25) is 5.02 Å². The zero-order valence-electron chi connectivity index (χ0n) is 16.7. The summed E-state index contributed by atoms with van der Waals surface area (Å²) in [4.78, 5) is 19.3. The molecule has 0 radical (unpaired) electrons. The van der Waals surface area contributed by atoms with Crippen LogP contribution in [-0.4, -0.2) is 34.9 Å². The second kappa shape index (κ2) is 8.51. The van der Waals surface area contributed by atoms with Crippen molar-refractivity contribution in [1.29, 1.82) is 0 Å². The summed E-state index contributed by atoms with van der Waals surface area (Å²) < 4.78 is 45.9. The zero-order chi connectivity index (χ0) is 22.2. The summed E-state index contributed by atoms with van der Waals surface area (Å²) in [5, 5.41) is 2.37. The number of aromatic nitrogens is 1. The number of nitrogens with one attached hydrogen (secondary N) is 1. The first-order valence-electron chi connectivity index (χ1n) is 9.99. The maximum Gasteiger partial charge on any atom is 0.418 e. The van der Waals surface area contributed by atoms with Crippen LogP contribution in [0.5, 0.6) is 0 Å². The molecule has 2 heterocycles. The van der Waals surface area contributed by atoms with Gasteiger partial charge in [-0.2, -0.15) is 13.2 Å². The average molecular weight is 452 g/mol. The van der Waals surface area contributed by atoms with E-state index in [2.05, 4.69) is 10.3 Å². The molecule has 0 bridgehead atoms. The lowest BCUT2D eigenvalue weighted by molar-refractivity contribution is -0.137. The van der Waals surface area contributed by atoms with Crippen molar-refractivity contribution in [3.05, 3.63) is 58.9 Å². The molecule has 1 aromatic heterocycles. The van der Waals surface area contributed by atoms with Crippen molar-refractivity contribution in [3.8, 4) is 0 Å². The molecule has 1 saturated heterocycles. The first-order valence-corrected chi connectivity index (χ1v) is 10.4. The molecule has 0 spiro atoms. The fourth-order valence-electron chi connectivity index (χ4n) is 3.89. The van der Waals surface area contributed by atoms with Gasteiger partial charge < -0.3 is 9.73 Å². The Bertz CT molecular complexity index is 1070. The van der Waals surface area contributed by atoms with E-state index in [-0.39, 0.29) is 16.6 Å². The second-order valence-electron chi connectivity index (χ2n) is 7.71. The highest BCUT2D eigenvalue weighted by Crippen LogP contribution is 2.37. The lowest BCUT2D eigenvalue weighted by Crippen LogP contribution is -2.46. The summed E-state index contributed by atoms with van der Waals surface area (Å²) in [6.07, 6.45) is -2.93. The Kier molecular flexibility index (Phi) is 5.94. The van der Waals surface area contributed by atoms with Crippen LogP contribution >= 0.6 is 11.6 Å². The van der Waals surface area contributed by atoms with Gasteiger partial charge in [0.05, 0.1) is 17.3 Å². The van der Waals surface area contributed by atoms with Gasteiger partial charge in [-0.05, 0) is 56.6 Å². The molecule has 2 aromatic carbocycles. The number of likely N-dealkylation sites (tertiary alicyclic amines) is 1. The number of carbonyl (C=O) groups excluding carboxylic acids is 1. The molecule has 3 aromatic rings. The monoisotopic (exact) mass is 451 g/mol. The molecule has 0 saturated carbocycles. The first-order chi connectivity index (χ1) is 14.7. The van der Waals surface area contributed by atoms with E-state index in [1.807, 2.05) is 29.2 Å². The molecule has 31 heavy (non-hydrogen) atoms. The van der Waals surface area contributed by atoms with Gasteiger partial charge in [-0.1, -0.05) is 23.7 Å². The van der Waals surface area contributed by atoms with Gasteiger partial charge in [-0.3, -0.25) is 9.69 Å². The number of hydrogen-bond acceptors (Lipinski definition) is 4. The van der Waals surface area contributed by atoms with E-state index in [4.69, 9.17) is 16.0 Å². The number of fused-ring (bicyclic) bond motifs is 1. The summed E-state index contributed by atoms with van der Waals surface area (Å²) in [7, 11) is 0. The molecule has 2 atom stereocenters. The number of para-hydroxylation sites is 2. The van der Waals surface area contributed by atoms with Crippen LogP contribution < -0.4 is 5.32 Å². The highest BCUT2D eigenvalue weighted by molar-refractivity contribution is 6.30. The number of amides is 1. The molecule has 164 valence electrons. The fourth-order valence-corrected chi connectivity index (χ4v) is 4.06. The van der Waals surface area contributed by atoms with Crippen LogP contribution in [0.4, 0.5) is 18.9 Å². The van der Waals surface area contributed by atoms with Crippen LogP contribution in [-0.2, 0) is 11.0 Å². The minimum absolute atomic E-state index is 0.0117. The van der Waals surface area contributed by atoms with Crippen LogP contribution in [0.1, 0.15) is 37.1 Å². The van der Waals surface area contributed by atoms with Gasteiger partial charge in [0.25, 0.3) is 0 Å². The maximum atomic E-state index is 13.3. The van der Waals surface area contributed by atoms with Gasteiger partial charge in [-0.15, -0.1) is 0 Å². The molecule has 5 nitrogen and oxygen atoms in total. The molecule has 1 amide bonds. The van der Waals surface area contributed by atoms with Gasteiger partial charge in [0, 0.05) is 17.5 Å². The molecule has 2 unspecified atom stereocenters. The van der Waals surface area contributed by atoms with E-state index in [9.17, 15) is 18.0 Å². The maximum absolute atomic E-state index is 13.3. The summed E-state index contributed by atoms with van der Waals surface area (Å²) in [5.41, 5.74) is 0.218. The Morgan fingerprint density at radius 1 is 1.29 bits per heavy atom. The van der Waals surface area contributed by atoms with Crippen LogP contribution in [0.25, 0.3) is 11.1 Å². The van der Waals surface area contributed by atoms with Gasteiger partial charge in [0.15, 0.2) is 11.5 Å². The molecule has 1 fully saturated rings. The normalized spacial score (nSPS) is 18.8. The van der Waals surface area contributed by atoms with Crippen molar-refractivity contribution in [2.75, 3.05) is 18.4 Å². The van der Waals surface area contributed by atoms with Crippen molar-refractivity contribution in [1.82, 2.24) is 9.88 Å². The molecule has 1 aliphatic heterocycles. The topological polar surface area (TPSA) is 58.4 Å². The lowest BCUT2D eigenvalue weighted by Gasteiger charge is -2.35. The van der Waals surface area contributed by atoms with E-state index < -0.39 is 23.7 Å². The van der Waals surface area contributed by atoms with E-state index in [1.165, 1.54) is 12.1 Å². The standard InChI is InChI=1S/C22H21ClF3N3O2/c1-13(20(30)27-17-9-8-15(23)11-16(17)22(24,25)26)29-10-4-5-14(12-29)21-28-18-6-2-3-7-19(18)31-21/h2-3,6-9,11,13-14H,4-5,10,12H2,1H3,(H,27,30). The molecule has 1 N–H and O–H groups in total. The van der Waals surface area contributed by atoms with Crippen molar-refractivity contribution in [2.45, 2.75) is 37.9 Å². The number of benzene rings is 2. The summed E-state index contributed by atoms with van der Waals surface area (Å²) in [6, 6.07) is 10.2. The second-order valence-corrected chi connectivity index (χ2v) is 8.14. The Morgan fingerprint density at radius 3 is 2.81 bits per heavy atom. The van der Waals surface area contributed by atoms with Crippen LogP contribution in [0.15, 0.2) is 46.9 Å². The third-order valence-electron chi connectivity index (χ3n) is 5.58. The third-order valence-corrected chi connectivity index (χ3v) is 5.82.